The Morgan fingerprint density at radius 2 is 1.85 bits per heavy atom. The van der Waals surface area contributed by atoms with E-state index in [0.717, 1.165) is 11.3 Å². The minimum Gasteiger partial charge on any atom is -0.386 e. The SMILES string of the molecule is N#CCc1ccc(NCC(O)c2ccccc2F)cc1. The molecule has 2 aromatic rings. The second kappa shape index (κ2) is 6.69. The molecule has 0 spiro atoms. The van der Waals surface area contributed by atoms with E-state index in [-0.39, 0.29) is 12.1 Å². The van der Waals surface area contributed by atoms with Gasteiger partial charge in [0.05, 0.1) is 18.6 Å². The van der Waals surface area contributed by atoms with Gasteiger partial charge in [-0.05, 0) is 23.8 Å². The van der Waals surface area contributed by atoms with Gasteiger partial charge in [0.2, 0.25) is 0 Å². The van der Waals surface area contributed by atoms with Gasteiger partial charge in [-0.2, -0.15) is 5.26 Å². The fraction of sp³-hybridized carbons (Fsp3) is 0.188. The molecule has 0 fully saturated rings. The molecular formula is C16H15FN2O. The van der Waals surface area contributed by atoms with Crippen LogP contribution < -0.4 is 5.32 Å². The van der Waals surface area contributed by atoms with Gasteiger partial charge in [-0.3, -0.25) is 0 Å². The summed E-state index contributed by atoms with van der Waals surface area (Å²) in [6.45, 7) is 0.221. The van der Waals surface area contributed by atoms with E-state index in [1.54, 1.807) is 18.2 Å². The normalized spacial score (nSPS) is 11.7. The lowest BCUT2D eigenvalue weighted by molar-refractivity contribution is 0.186. The fourth-order valence-electron chi connectivity index (χ4n) is 1.90. The summed E-state index contributed by atoms with van der Waals surface area (Å²) < 4.78 is 13.5. The van der Waals surface area contributed by atoms with Crippen molar-refractivity contribution in [2.24, 2.45) is 0 Å². The van der Waals surface area contributed by atoms with Crippen LogP contribution in [-0.4, -0.2) is 11.7 Å². The zero-order valence-corrected chi connectivity index (χ0v) is 10.9. The van der Waals surface area contributed by atoms with Gasteiger partial charge in [0.15, 0.2) is 0 Å². The van der Waals surface area contributed by atoms with Crippen molar-refractivity contribution in [2.75, 3.05) is 11.9 Å². The minimum atomic E-state index is -0.907. The van der Waals surface area contributed by atoms with Gasteiger partial charge in [-0.25, -0.2) is 4.39 Å². The van der Waals surface area contributed by atoms with E-state index in [2.05, 4.69) is 11.4 Å². The molecule has 102 valence electrons. The maximum Gasteiger partial charge on any atom is 0.129 e. The Labute approximate surface area is 117 Å². The first-order valence-electron chi connectivity index (χ1n) is 6.33. The van der Waals surface area contributed by atoms with Crippen molar-refractivity contribution in [1.82, 2.24) is 0 Å². The number of nitrogens with zero attached hydrogens (tertiary/aromatic N) is 1. The summed E-state index contributed by atoms with van der Waals surface area (Å²) in [4.78, 5) is 0. The zero-order chi connectivity index (χ0) is 14.4. The maximum atomic E-state index is 13.5. The van der Waals surface area contributed by atoms with Gasteiger partial charge >= 0.3 is 0 Å². The highest BCUT2D eigenvalue weighted by Crippen LogP contribution is 2.18. The number of halogens is 1. The number of hydrogen-bond donors (Lipinski definition) is 2. The van der Waals surface area contributed by atoms with E-state index in [1.807, 2.05) is 24.3 Å². The van der Waals surface area contributed by atoms with Crippen molar-refractivity contribution in [2.45, 2.75) is 12.5 Å². The molecule has 1 atom stereocenters. The van der Waals surface area contributed by atoms with Crippen LogP contribution in [0.2, 0.25) is 0 Å². The molecule has 0 aliphatic rings. The van der Waals surface area contributed by atoms with Crippen LogP contribution in [-0.2, 0) is 6.42 Å². The smallest absolute Gasteiger partial charge is 0.129 e. The zero-order valence-electron chi connectivity index (χ0n) is 10.9. The number of benzene rings is 2. The fourth-order valence-corrected chi connectivity index (χ4v) is 1.90. The third-order valence-electron chi connectivity index (χ3n) is 3.00. The highest BCUT2D eigenvalue weighted by atomic mass is 19.1. The van der Waals surface area contributed by atoms with Crippen LogP contribution in [0.3, 0.4) is 0 Å². The van der Waals surface area contributed by atoms with E-state index >= 15 is 0 Å². The third kappa shape index (κ3) is 3.56. The van der Waals surface area contributed by atoms with Crippen LogP contribution in [0.15, 0.2) is 48.5 Å². The molecule has 0 amide bonds. The van der Waals surface area contributed by atoms with Crippen LogP contribution in [0.25, 0.3) is 0 Å². The number of aliphatic hydroxyl groups is 1. The van der Waals surface area contributed by atoms with E-state index in [0.29, 0.717) is 6.42 Å². The summed E-state index contributed by atoms with van der Waals surface area (Å²) in [6.07, 6.45) is -0.534. The Hall–Kier alpha value is -2.38. The molecule has 0 heterocycles. The predicted octanol–water partition coefficient (Wildman–Crippen LogP) is 3.04. The van der Waals surface area contributed by atoms with Gasteiger partial charge in [0.25, 0.3) is 0 Å². The van der Waals surface area contributed by atoms with E-state index in [1.165, 1.54) is 6.07 Å². The van der Waals surface area contributed by atoms with E-state index in [4.69, 9.17) is 5.26 Å². The van der Waals surface area contributed by atoms with Crippen molar-refractivity contribution in [3.05, 3.63) is 65.5 Å². The summed E-state index contributed by atoms with van der Waals surface area (Å²) in [6, 6.07) is 15.6. The van der Waals surface area contributed by atoms with Crippen LogP contribution in [0.5, 0.6) is 0 Å². The topological polar surface area (TPSA) is 56.0 Å². The summed E-state index contributed by atoms with van der Waals surface area (Å²) in [5.41, 5.74) is 2.04. The van der Waals surface area contributed by atoms with Gasteiger partial charge in [-0.1, -0.05) is 30.3 Å². The first kappa shape index (κ1) is 14.0. The number of nitrogens with one attached hydrogen (secondary N) is 1. The highest BCUT2D eigenvalue weighted by molar-refractivity contribution is 5.45. The number of anilines is 1. The van der Waals surface area contributed by atoms with Crippen LogP contribution in [0.1, 0.15) is 17.2 Å². The summed E-state index contributed by atoms with van der Waals surface area (Å²) in [5.74, 6) is -0.411. The Balaban J connectivity index is 1.95. The van der Waals surface area contributed by atoms with Crippen molar-refractivity contribution < 1.29 is 9.50 Å². The van der Waals surface area contributed by atoms with E-state index in [9.17, 15) is 9.50 Å². The molecule has 2 N–H and O–H groups in total. The van der Waals surface area contributed by atoms with Crippen LogP contribution >= 0.6 is 0 Å². The molecule has 20 heavy (non-hydrogen) atoms. The Bertz CT molecular complexity index is 605. The first-order chi connectivity index (χ1) is 9.70. The highest BCUT2D eigenvalue weighted by Gasteiger charge is 2.11. The molecule has 0 aromatic heterocycles. The molecule has 2 rings (SSSR count). The van der Waals surface area contributed by atoms with E-state index < -0.39 is 11.9 Å². The first-order valence-corrected chi connectivity index (χ1v) is 6.33. The lowest BCUT2D eigenvalue weighted by Gasteiger charge is -2.14. The summed E-state index contributed by atoms with van der Waals surface area (Å²) in [7, 11) is 0. The molecular weight excluding hydrogens is 255 g/mol. The Morgan fingerprint density at radius 1 is 1.15 bits per heavy atom. The van der Waals surface area contributed by atoms with Crippen LogP contribution in [0, 0.1) is 17.1 Å². The second-order valence-corrected chi connectivity index (χ2v) is 4.45. The largest absolute Gasteiger partial charge is 0.386 e. The monoisotopic (exact) mass is 270 g/mol. The molecule has 0 saturated carbocycles. The van der Waals surface area contributed by atoms with Gasteiger partial charge in [0, 0.05) is 17.8 Å². The number of hydrogen-bond acceptors (Lipinski definition) is 3. The molecule has 0 bridgehead atoms. The molecule has 4 heteroatoms. The molecule has 1 unspecified atom stereocenters. The number of aliphatic hydroxyl groups excluding tert-OH is 1. The molecule has 0 aliphatic heterocycles. The molecule has 0 saturated heterocycles. The summed E-state index contributed by atoms with van der Waals surface area (Å²) >= 11 is 0. The van der Waals surface area contributed by atoms with Crippen molar-refractivity contribution in [1.29, 1.82) is 5.26 Å². The lowest BCUT2D eigenvalue weighted by Crippen LogP contribution is -2.13. The third-order valence-corrected chi connectivity index (χ3v) is 3.00. The average molecular weight is 270 g/mol. The van der Waals surface area contributed by atoms with Crippen molar-refractivity contribution >= 4 is 5.69 Å². The minimum absolute atomic E-state index is 0.221. The molecule has 2 aromatic carbocycles. The van der Waals surface area contributed by atoms with Crippen molar-refractivity contribution in [3.8, 4) is 6.07 Å². The average Bonchev–Trinajstić information content (AvgIpc) is 2.47. The van der Waals surface area contributed by atoms with Crippen LogP contribution in [0.4, 0.5) is 10.1 Å². The van der Waals surface area contributed by atoms with Crippen molar-refractivity contribution in [3.63, 3.8) is 0 Å². The summed E-state index contributed by atoms with van der Waals surface area (Å²) in [5, 5.41) is 21.6. The molecule has 0 aliphatic carbocycles. The standard InChI is InChI=1S/C16H15FN2O/c17-15-4-2-1-3-14(15)16(20)11-19-13-7-5-12(6-8-13)9-10-18/h1-8,16,19-20H,9,11H2. The Morgan fingerprint density at radius 3 is 2.50 bits per heavy atom. The lowest BCUT2D eigenvalue weighted by atomic mass is 10.1. The quantitative estimate of drug-likeness (QED) is 0.878. The number of rotatable bonds is 5. The molecule has 3 nitrogen and oxygen atoms in total. The van der Waals surface area contributed by atoms with Gasteiger partial charge < -0.3 is 10.4 Å². The van der Waals surface area contributed by atoms with Gasteiger partial charge in [0.1, 0.15) is 5.82 Å². The maximum absolute atomic E-state index is 13.5. The second-order valence-electron chi connectivity index (χ2n) is 4.45. The number of nitriles is 1. The molecule has 0 radical (unpaired) electrons. The Kier molecular flexibility index (Phi) is 4.70. The van der Waals surface area contributed by atoms with Gasteiger partial charge in [-0.15, -0.1) is 0 Å². The predicted molar refractivity (Wildman–Crippen MR) is 75.6 cm³/mol.